The lowest BCUT2D eigenvalue weighted by Crippen LogP contribution is -2.17. The van der Waals surface area contributed by atoms with Gasteiger partial charge in [-0.05, 0) is 29.8 Å². The van der Waals surface area contributed by atoms with Gasteiger partial charge in [0, 0.05) is 12.0 Å². The van der Waals surface area contributed by atoms with E-state index in [4.69, 9.17) is 9.47 Å². The fourth-order valence-electron chi connectivity index (χ4n) is 2.59. The SMILES string of the molecule is CC(C)(C)c1nnc2ccc(NCc3ccc4c(c3)OCO4)nn12. The highest BCUT2D eigenvalue weighted by atomic mass is 16.7. The molecule has 24 heavy (non-hydrogen) atoms. The van der Waals surface area contributed by atoms with E-state index in [9.17, 15) is 0 Å². The normalized spacial score (nSPS) is 13.5. The largest absolute Gasteiger partial charge is 0.454 e. The van der Waals surface area contributed by atoms with Gasteiger partial charge in [-0.1, -0.05) is 26.8 Å². The second-order valence-electron chi connectivity index (χ2n) is 6.80. The van der Waals surface area contributed by atoms with Gasteiger partial charge in [-0.25, -0.2) is 0 Å². The Balaban J connectivity index is 1.56. The average molecular weight is 325 g/mol. The minimum Gasteiger partial charge on any atom is -0.454 e. The Kier molecular flexibility index (Phi) is 3.30. The number of anilines is 1. The second-order valence-corrected chi connectivity index (χ2v) is 6.80. The third-order valence-electron chi connectivity index (χ3n) is 3.84. The summed E-state index contributed by atoms with van der Waals surface area (Å²) in [7, 11) is 0. The molecule has 1 N–H and O–H groups in total. The first-order valence-corrected chi connectivity index (χ1v) is 7.86. The Morgan fingerprint density at radius 1 is 1.08 bits per heavy atom. The van der Waals surface area contributed by atoms with E-state index < -0.39 is 0 Å². The van der Waals surface area contributed by atoms with Crippen LogP contribution in [0.2, 0.25) is 0 Å². The molecule has 3 heterocycles. The van der Waals surface area contributed by atoms with Crippen molar-refractivity contribution in [3.8, 4) is 11.5 Å². The van der Waals surface area contributed by atoms with Crippen molar-refractivity contribution in [1.29, 1.82) is 0 Å². The summed E-state index contributed by atoms with van der Waals surface area (Å²) in [6.07, 6.45) is 0. The Morgan fingerprint density at radius 2 is 1.92 bits per heavy atom. The summed E-state index contributed by atoms with van der Waals surface area (Å²) in [5, 5.41) is 16.4. The number of aromatic nitrogens is 4. The molecule has 7 heteroatoms. The van der Waals surface area contributed by atoms with Gasteiger partial charge in [0.2, 0.25) is 6.79 Å². The third kappa shape index (κ3) is 2.62. The first kappa shape index (κ1) is 14.7. The number of fused-ring (bicyclic) bond motifs is 2. The van der Waals surface area contributed by atoms with Gasteiger partial charge in [0.25, 0.3) is 0 Å². The lowest BCUT2D eigenvalue weighted by Gasteiger charge is -2.15. The van der Waals surface area contributed by atoms with E-state index >= 15 is 0 Å². The monoisotopic (exact) mass is 325 g/mol. The summed E-state index contributed by atoms with van der Waals surface area (Å²) in [5.74, 6) is 3.18. The molecule has 3 aromatic rings. The molecule has 1 aromatic carbocycles. The molecule has 4 rings (SSSR count). The van der Waals surface area contributed by atoms with Crippen molar-refractivity contribution >= 4 is 11.5 Å². The van der Waals surface area contributed by atoms with Crippen LogP contribution in [0.15, 0.2) is 30.3 Å². The van der Waals surface area contributed by atoms with Gasteiger partial charge in [0.05, 0.1) is 0 Å². The van der Waals surface area contributed by atoms with Gasteiger partial charge >= 0.3 is 0 Å². The van der Waals surface area contributed by atoms with Crippen molar-refractivity contribution in [2.24, 2.45) is 0 Å². The zero-order valence-electron chi connectivity index (χ0n) is 13.9. The highest BCUT2D eigenvalue weighted by Gasteiger charge is 2.21. The maximum absolute atomic E-state index is 5.41. The van der Waals surface area contributed by atoms with Gasteiger partial charge in [-0.15, -0.1) is 15.3 Å². The van der Waals surface area contributed by atoms with Crippen LogP contribution in [-0.4, -0.2) is 26.6 Å². The fourth-order valence-corrected chi connectivity index (χ4v) is 2.59. The third-order valence-corrected chi connectivity index (χ3v) is 3.84. The van der Waals surface area contributed by atoms with Gasteiger partial charge in [0.15, 0.2) is 23.0 Å². The van der Waals surface area contributed by atoms with Crippen LogP contribution in [0, 0.1) is 0 Å². The predicted molar refractivity (Wildman–Crippen MR) is 89.4 cm³/mol. The highest BCUT2D eigenvalue weighted by molar-refractivity contribution is 5.47. The van der Waals surface area contributed by atoms with Gasteiger partial charge in [0.1, 0.15) is 5.82 Å². The van der Waals surface area contributed by atoms with Crippen LogP contribution in [0.5, 0.6) is 11.5 Å². The lowest BCUT2D eigenvalue weighted by atomic mass is 9.96. The molecule has 1 aliphatic heterocycles. The summed E-state index contributed by atoms with van der Waals surface area (Å²) in [4.78, 5) is 0. The van der Waals surface area contributed by atoms with Crippen molar-refractivity contribution in [2.75, 3.05) is 12.1 Å². The molecule has 2 aromatic heterocycles. The molecule has 0 fully saturated rings. The number of nitrogens with zero attached hydrogens (tertiary/aromatic N) is 4. The van der Waals surface area contributed by atoms with E-state index in [1.54, 1.807) is 4.52 Å². The Labute approximate surface area is 139 Å². The van der Waals surface area contributed by atoms with E-state index in [1.165, 1.54) is 0 Å². The molecular formula is C17H19N5O2. The van der Waals surface area contributed by atoms with Crippen molar-refractivity contribution < 1.29 is 9.47 Å². The minimum atomic E-state index is -0.123. The van der Waals surface area contributed by atoms with Crippen LogP contribution >= 0.6 is 0 Å². The fraction of sp³-hybridized carbons (Fsp3) is 0.353. The average Bonchev–Trinajstić information content (AvgIpc) is 3.17. The van der Waals surface area contributed by atoms with Crippen LogP contribution < -0.4 is 14.8 Å². The van der Waals surface area contributed by atoms with E-state index in [2.05, 4.69) is 41.4 Å². The van der Waals surface area contributed by atoms with Crippen LogP contribution in [-0.2, 0) is 12.0 Å². The first-order chi connectivity index (χ1) is 11.5. The molecule has 124 valence electrons. The maximum atomic E-state index is 5.41. The van der Waals surface area contributed by atoms with Crippen molar-refractivity contribution in [1.82, 2.24) is 19.8 Å². The van der Waals surface area contributed by atoms with Gasteiger partial charge < -0.3 is 14.8 Å². The quantitative estimate of drug-likeness (QED) is 0.798. The number of hydrogen-bond donors (Lipinski definition) is 1. The van der Waals surface area contributed by atoms with Crippen LogP contribution in [0.3, 0.4) is 0 Å². The van der Waals surface area contributed by atoms with E-state index in [1.807, 2.05) is 30.3 Å². The smallest absolute Gasteiger partial charge is 0.231 e. The summed E-state index contributed by atoms with van der Waals surface area (Å²) >= 11 is 0. The van der Waals surface area contributed by atoms with E-state index in [0.717, 1.165) is 34.4 Å². The van der Waals surface area contributed by atoms with Crippen molar-refractivity contribution in [2.45, 2.75) is 32.7 Å². The summed E-state index contributed by atoms with van der Waals surface area (Å²) in [6.45, 7) is 7.21. The molecule has 0 atom stereocenters. The number of nitrogens with one attached hydrogen (secondary N) is 1. The van der Waals surface area contributed by atoms with Gasteiger partial charge in [-0.3, -0.25) is 0 Å². The highest BCUT2D eigenvalue weighted by Crippen LogP contribution is 2.32. The molecule has 0 saturated heterocycles. The summed E-state index contributed by atoms with van der Waals surface area (Å²) in [5.41, 5.74) is 1.72. The Bertz CT molecular complexity index is 898. The maximum Gasteiger partial charge on any atom is 0.231 e. The molecule has 0 amide bonds. The molecule has 0 aliphatic carbocycles. The first-order valence-electron chi connectivity index (χ1n) is 7.86. The van der Waals surface area contributed by atoms with Crippen LogP contribution in [0.4, 0.5) is 5.82 Å². The van der Waals surface area contributed by atoms with E-state index in [-0.39, 0.29) is 12.2 Å². The molecular weight excluding hydrogens is 306 g/mol. The molecule has 1 aliphatic rings. The van der Waals surface area contributed by atoms with Crippen molar-refractivity contribution in [3.63, 3.8) is 0 Å². The van der Waals surface area contributed by atoms with Gasteiger partial charge in [-0.2, -0.15) is 4.52 Å². The summed E-state index contributed by atoms with van der Waals surface area (Å²) < 4.78 is 12.5. The molecule has 7 nitrogen and oxygen atoms in total. The number of benzene rings is 1. The standard InChI is InChI=1S/C17H19N5O2/c1-17(2,3)16-20-19-15-7-6-14(21-22(15)16)18-9-11-4-5-12-13(8-11)24-10-23-12/h4-8H,9-10H2,1-3H3,(H,18,21). The van der Waals surface area contributed by atoms with Crippen molar-refractivity contribution in [3.05, 3.63) is 41.7 Å². The predicted octanol–water partition coefficient (Wildman–Crippen LogP) is 2.76. The lowest BCUT2D eigenvalue weighted by molar-refractivity contribution is 0.174. The Hall–Kier alpha value is -2.83. The number of rotatable bonds is 3. The Morgan fingerprint density at radius 3 is 2.75 bits per heavy atom. The zero-order chi connectivity index (χ0) is 16.7. The number of hydrogen-bond acceptors (Lipinski definition) is 6. The summed E-state index contributed by atoms with van der Waals surface area (Å²) in [6, 6.07) is 9.74. The van der Waals surface area contributed by atoms with Crippen LogP contribution in [0.25, 0.3) is 5.65 Å². The molecule has 0 radical (unpaired) electrons. The molecule has 0 unspecified atom stereocenters. The van der Waals surface area contributed by atoms with E-state index in [0.29, 0.717) is 6.54 Å². The van der Waals surface area contributed by atoms with Crippen LogP contribution in [0.1, 0.15) is 32.2 Å². The molecule has 0 saturated carbocycles. The second kappa shape index (κ2) is 5.36. The molecule has 0 bridgehead atoms. The topological polar surface area (TPSA) is 73.6 Å². The number of ether oxygens (including phenoxy) is 2. The zero-order valence-corrected chi connectivity index (χ0v) is 13.9. The molecule has 0 spiro atoms. The minimum absolute atomic E-state index is 0.123.